The number of rotatable bonds is 4. The highest BCUT2D eigenvalue weighted by atomic mass is 79.9. The Labute approximate surface area is 193 Å². The molecule has 0 saturated carbocycles. The standard InChI is InChI=1S/C23H23BrFN5O2/c1-29-8-14-5-13(29)9-30(14)10-15-11-31-20-7-19-16(6-21(20)32-15)23(27-12-26-19)28-18-4-2-3-17(24)22(18)25/h2-4,6-7,12-15H,5,8-11H2,1H3,(H,26,27,28)/t13-,14-,15-/m0/s1. The van der Waals surface area contributed by atoms with Crippen molar-refractivity contribution in [3.63, 3.8) is 0 Å². The quantitative estimate of drug-likeness (QED) is 0.585. The first kappa shape index (κ1) is 20.1. The summed E-state index contributed by atoms with van der Waals surface area (Å²) >= 11 is 3.23. The van der Waals surface area contributed by atoms with Gasteiger partial charge in [0.1, 0.15) is 24.9 Å². The van der Waals surface area contributed by atoms with Crippen molar-refractivity contribution in [1.82, 2.24) is 19.8 Å². The second-order valence-electron chi connectivity index (χ2n) is 8.75. The Hall–Kier alpha value is -2.49. The molecule has 3 aromatic rings. The van der Waals surface area contributed by atoms with Crippen LogP contribution >= 0.6 is 15.9 Å². The lowest BCUT2D eigenvalue weighted by molar-refractivity contribution is 0.0417. The summed E-state index contributed by atoms with van der Waals surface area (Å²) in [7, 11) is 2.21. The molecule has 2 saturated heterocycles. The van der Waals surface area contributed by atoms with E-state index < -0.39 is 0 Å². The highest BCUT2D eigenvalue weighted by Gasteiger charge is 2.42. The third-order valence-electron chi connectivity index (χ3n) is 6.69. The van der Waals surface area contributed by atoms with Crippen molar-refractivity contribution in [3.8, 4) is 11.5 Å². The lowest BCUT2D eigenvalue weighted by Gasteiger charge is -2.35. The lowest BCUT2D eigenvalue weighted by atomic mass is 10.1. The topological polar surface area (TPSA) is 62.8 Å². The van der Waals surface area contributed by atoms with Crippen LogP contribution in [-0.2, 0) is 0 Å². The summed E-state index contributed by atoms with van der Waals surface area (Å²) in [5.41, 5.74) is 1.04. The first-order valence-corrected chi connectivity index (χ1v) is 11.6. The van der Waals surface area contributed by atoms with Gasteiger partial charge in [-0.3, -0.25) is 4.90 Å². The largest absolute Gasteiger partial charge is 0.486 e. The van der Waals surface area contributed by atoms with Crippen LogP contribution in [0, 0.1) is 5.82 Å². The van der Waals surface area contributed by atoms with Gasteiger partial charge in [0.2, 0.25) is 0 Å². The molecular formula is C23H23BrFN5O2. The number of ether oxygens (including phenoxy) is 2. The molecule has 0 aliphatic carbocycles. The molecule has 9 heteroatoms. The number of nitrogens with one attached hydrogen (secondary N) is 1. The second-order valence-corrected chi connectivity index (χ2v) is 9.61. The van der Waals surface area contributed by atoms with Gasteiger partial charge in [-0.25, -0.2) is 14.4 Å². The van der Waals surface area contributed by atoms with Crippen LogP contribution in [-0.4, -0.2) is 71.2 Å². The normalized spacial score (nSPS) is 24.9. The summed E-state index contributed by atoms with van der Waals surface area (Å²) in [5, 5.41) is 3.84. The Morgan fingerprint density at radius 1 is 1.19 bits per heavy atom. The number of halogens is 2. The average molecular weight is 500 g/mol. The molecule has 2 bridgehead atoms. The molecule has 2 aromatic carbocycles. The number of fused-ring (bicyclic) bond motifs is 4. The Kier molecular flexibility index (Phi) is 4.93. The van der Waals surface area contributed by atoms with E-state index in [0.717, 1.165) is 25.0 Å². The maximum absolute atomic E-state index is 14.5. The van der Waals surface area contributed by atoms with Crippen molar-refractivity contribution >= 4 is 38.3 Å². The number of aromatic nitrogens is 2. The van der Waals surface area contributed by atoms with E-state index in [1.807, 2.05) is 12.1 Å². The smallest absolute Gasteiger partial charge is 0.163 e. The molecule has 0 spiro atoms. The van der Waals surface area contributed by atoms with E-state index in [9.17, 15) is 4.39 Å². The van der Waals surface area contributed by atoms with Crippen molar-refractivity contribution in [1.29, 1.82) is 0 Å². The van der Waals surface area contributed by atoms with Gasteiger partial charge in [-0.2, -0.15) is 0 Å². The molecule has 3 aliphatic rings. The molecule has 0 radical (unpaired) electrons. The summed E-state index contributed by atoms with van der Waals surface area (Å²) in [5.74, 6) is 1.49. The maximum Gasteiger partial charge on any atom is 0.163 e. The molecule has 3 aliphatic heterocycles. The van der Waals surface area contributed by atoms with Crippen LogP contribution in [0.1, 0.15) is 6.42 Å². The molecule has 6 rings (SSSR count). The summed E-state index contributed by atoms with van der Waals surface area (Å²) in [6.45, 7) is 3.58. The molecule has 3 atom stereocenters. The zero-order valence-electron chi connectivity index (χ0n) is 17.6. The molecule has 7 nitrogen and oxygen atoms in total. The van der Waals surface area contributed by atoms with Crippen LogP contribution in [0.4, 0.5) is 15.9 Å². The Balaban J connectivity index is 1.26. The van der Waals surface area contributed by atoms with Gasteiger partial charge in [-0.1, -0.05) is 6.07 Å². The minimum Gasteiger partial charge on any atom is -0.486 e. The first-order valence-electron chi connectivity index (χ1n) is 10.8. The van der Waals surface area contributed by atoms with Crippen molar-refractivity contribution < 1.29 is 13.9 Å². The van der Waals surface area contributed by atoms with E-state index >= 15 is 0 Å². The van der Waals surface area contributed by atoms with Crippen LogP contribution in [0.15, 0.2) is 41.1 Å². The predicted molar refractivity (Wildman–Crippen MR) is 123 cm³/mol. The van der Waals surface area contributed by atoms with Crippen LogP contribution < -0.4 is 14.8 Å². The van der Waals surface area contributed by atoms with E-state index in [1.165, 1.54) is 12.7 Å². The van der Waals surface area contributed by atoms with Crippen molar-refractivity contribution in [2.24, 2.45) is 0 Å². The summed E-state index contributed by atoms with van der Waals surface area (Å²) in [6.07, 6.45) is 2.66. The van der Waals surface area contributed by atoms with Crippen LogP contribution in [0.5, 0.6) is 11.5 Å². The van der Waals surface area contributed by atoms with Gasteiger partial charge in [0, 0.05) is 43.2 Å². The molecule has 2 fully saturated rings. The number of likely N-dealkylation sites (tertiary alicyclic amines) is 2. The molecule has 0 unspecified atom stereocenters. The van der Waals surface area contributed by atoms with Gasteiger partial charge in [0.25, 0.3) is 0 Å². The van der Waals surface area contributed by atoms with Gasteiger partial charge in [-0.05, 0) is 47.6 Å². The number of hydrogen-bond acceptors (Lipinski definition) is 7. The fourth-order valence-electron chi connectivity index (χ4n) is 5.02. The number of hydrogen-bond donors (Lipinski definition) is 1. The van der Waals surface area contributed by atoms with Gasteiger partial charge < -0.3 is 19.7 Å². The molecular weight excluding hydrogens is 477 g/mol. The third kappa shape index (κ3) is 3.48. The van der Waals surface area contributed by atoms with Crippen molar-refractivity contribution in [2.45, 2.75) is 24.6 Å². The zero-order valence-corrected chi connectivity index (χ0v) is 19.2. The lowest BCUT2D eigenvalue weighted by Crippen LogP contribution is -2.49. The summed E-state index contributed by atoms with van der Waals surface area (Å²) < 4.78 is 27.3. The number of likely N-dealkylation sites (N-methyl/N-ethyl adjacent to an activating group) is 1. The average Bonchev–Trinajstić information content (AvgIpc) is 3.35. The summed E-state index contributed by atoms with van der Waals surface area (Å²) in [4.78, 5) is 13.7. The van der Waals surface area contributed by atoms with Gasteiger partial charge in [0.15, 0.2) is 17.3 Å². The van der Waals surface area contributed by atoms with E-state index in [-0.39, 0.29) is 11.9 Å². The van der Waals surface area contributed by atoms with E-state index in [0.29, 0.717) is 51.7 Å². The minimum atomic E-state index is -0.373. The fraction of sp³-hybridized carbons (Fsp3) is 0.391. The molecule has 1 N–H and O–H groups in total. The van der Waals surface area contributed by atoms with Gasteiger partial charge >= 0.3 is 0 Å². The van der Waals surface area contributed by atoms with E-state index in [2.05, 4.69) is 48.1 Å². The zero-order chi connectivity index (χ0) is 21.8. The number of nitrogens with zero attached hydrogens (tertiary/aromatic N) is 4. The van der Waals surface area contributed by atoms with Crippen molar-refractivity contribution in [2.75, 3.05) is 38.6 Å². The summed E-state index contributed by atoms with van der Waals surface area (Å²) in [6, 6.07) is 10.1. The number of anilines is 2. The van der Waals surface area contributed by atoms with Crippen LogP contribution in [0.25, 0.3) is 10.9 Å². The maximum atomic E-state index is 14.5. The molecule has 166 valence electrons. The Morgan fingerprint density at radius 3 is 2.91 bits per heavy atom. The van der Waals surface area contributed by atoms with Crippen LogP contribution in [0.2, 0.25) is 0 Å². The third-order valence-corrected chi connectivity index (χ3v) is 7.30. The van der Waals surface area contributed by atoms with Gasteiger partial charge in [-0.15, -0.1) is 0 Å². The monoisotopic (exact) mass is 499 g/mol. The predicted octanol–water partition coefficient (Wildman–Crippen LogP) is 3.80. The molecule has 32 heavy (non-hydrogen) atoms. The second kappa shape index (κ2) is 7.83. The number of benzene rings is 2. The SMILES string of the molecule is CN1C[C@@H]2C[C@H]1CN2C[C@H]1COc2cc3ncnc(Nc4cccc(Br)c4F)c3cc2O1. The molecule has 0 amide bonds. The Bertz CT molecular complexity index is 1190. The highest BCUT2D eigenvalue weighted by molar-refractivity contribution is 9.10. The molecule has 1 aromatic heterocycles. The van der Waals surface area contributed by atoms with E-state index in [4.69, 9.17) is 9.47 Å². The van der Waals surface area contributed by atoms with Gasteiger partial charge in [0.05, 0.1) is 15.7 Å². The van der Waals surface area contributed by atoms with Crippen LogP contribution in [0.3, 0.4) is 0 Å². The Morgan fingerprint density at radius 2 is 2.09 bits per heavy atom. The van der Waals surface area contributed by atoms with Crippen molar-refractivity contribution in [3.05, 3.63) is 46.9 Å². The minimum absolute atomic E-state index is 0.0341. The first-order chi connectivity index (χ1) is 15.5. The number of piperazine rings is 1. The fourth-order valence-corrected chi connectivity index (χ4v) is 5.38. The van der Waals surface area contributed by atoms with E-state index in [1.54, 1.807) is 18.2 Å². The molecule has 4 heterocycles. The highest BCUT2D eigenvalue weighted by Crippen LogP contribution is 2.39.